The average molecular weight is 212 g/mol. The van der Waals surface area contributed by atoms with Crippen LogP contribution in [0, 0.1) is 12.3 Å². The van der Waals surface area contributed by atoms with E-state index in [2.05, 4.69) is 37.8 Å². The Labute approximate surface area is 54.6 Å². The lowest BCUT2D eigenvalue weighted by Crippen LogP contribution is -1.95. The molecule has 0 atom stereocenters. The molecule has 0 aliphatic carbocycles. The first kappa shape index (κ1) is 6.52. The topological polar surface area (TPSA) is 0 Å². The van der Waals surface area contributed by atoms with Crippen molar-refractivity contribution in [1.29, 1.82) is 0 Å². The molecule has 0 rings (SSSR count). The Morgan fingerprint density at radius 3 is 1.83 bits per heavy atom. The van der Waals surface area contributed by atoms with E-state index in [1.165, 1.54) is 0 Å². The van der Waals surface area contributed by atoms with Crippen molar-refractivity contribution in [2.45, 2.75) is 10.2 Å². The van der Waals surface area contributed by atoms with Gasteiger partial charge in [-0.1, -0.05) is 37.8 Å². The molecule has 0 N–H and O–H groups in total. The fourth-order valence-electron chi connectivity index (χ4n) is 0. The summed E-state index contributed by atoms with van der Waals surface area (Å²) in [6.07, 6.45) is 4.96. The van der Waals surface area contributed by atoms with E-state index in [1.807, 2.05) is 6.92 Å². The highest BCUT2D eigenvalue weighted by Crippen LogP contribution is 2.22. The van der Waals surface area contributed by atoms with Gasteiger partial charge in [0.1, 0.15) is 3.23 Å². The zero-order chi connectivity index (χ0) is 5.21. The van der Waals surface area contributed by atoms with Gasteiger partial charge in [-0.3, -0.25) is 0 Å². The summed E-state index contributed by atoms with van der Waals surface area (Å²) in [5, 5.41) is 0. The van der Waals surface area contributed by atoms with Gasteiger partial charge in [-0.05, 0) is 6.92 Å². The summed E-state index contributed by atoms with van der Waals surface area (Å²) >= 11 is 6.32. The number of hydrogen-bond acceptors (Lipinski definition) is 0. The summed E-state index contributed by atoms with van der Waals surface area (Å²) in [4.78, 5) is 0. The molecule has 0 nitrogen and oxygen atoms in total. The van der Waals surface area contributed by atoms with Gasteiger partial charge in [-0.15, -0.1) is 6.42 Å². The van der Waals surface area contributed by atoms with Crippen LogP contribution < -0.4 is 0 Å². The quantitative estimate of drug-likeness (QED) is 0.426. The highest BCUT2D eigenvalue weighted by molar-refractivity contribution is 9.25. The lowest BCUT2D eigenvalue weighted by atomic mass is 10.5. The predicted octanol–water partition coefficient (Wildman–Crippen LogP) is 2.13. The van der Waals surface area contributed by atoms with Crippen LogP contribution in [0.3, 0.4) is 0 Å². The zero-order valence-electron chi connectivity index (χ0n) is 3.33. The third kappa shape index (κ3) is 4.52. The molecule has 0 fully saturated rings. The van der Waals surface area contributed by atoms with Crippen molar-refractivity contribution in [3.8, 4) is 12.3 Å². The number of halogens is 2. The van der Waals surface area contributed by atoms with Gasteiger partial charge < -0.3 is 0 Å². The number of rotatable bonds is 0. The van der Waals surface area contributed by atoms with Crippen molar-refractivity contribution in [3.05, 3.63) is 0 Å². The maximum atomic E-state index is 4.96. The summed E-state index contributed by atoms with van der Waals surface area (Å²) < 4.78 is -0.306. The van der Waals surface area contributed by atoms with E-state index in [9.17, 15) is 0 Å². The second kappa shape index (κ2) is 1.99. The van der Waals surface area contributed by atoms with Crippen molar-refractivity contribution >= 4 is 31.9 Å². The first-order chi connectivity index (χ1) is 2.56. The predicted molar refractivity (Wildman–Crippen MR) is 35.1 cm³/mol. The molecule has 0 amide bonds. The fraction of sp³-hybridized carbons (Fsp3) is 0.500. The van der Waals surface area contributed by atoms with E-state index in [4.69, 9.17) is 6.42 Å². The standard InChI is InChI=1S/C4H4Br2/c1-3-4(2,5)6/h1H,2H3. The van der Waals surface area contributed by atoms with E-state index in [1.54, 1.807) is 0 Å². The van der Waals surface area contributed by atoms with Crippen molar-refractivity contribution in [1.82, 2.24) is 0 Å². The Morgan fingerprint density at radius 2 is 1.83 bits per heavy atom. The molecule has 0 aliphatic rings. The van der Waals surface area contributed by atoms with Crippen LogP contribution >= 0.6 is 31.9 Å². The van der Waals surface area contributed by atoms with Crippen molar-refractivity contribution in [2.24, 2.45) is 0 Å². The summed E-state index contributed by atoms with van der Waals surface area (Å²) in [7, 11) is 0. The molecule has 0 saturated heterocycles. The van der Waals surface area contributed by atoms with E-state index in [0.29, 0.717) is 0 Å². The maximum Gasteiger partial charge on any atom is 0.137 e. The molecular formula is C4H4Br2. The van der Waals surface area contributed by atoms with E-state index >= 15 is 0 Å². The third-order valence-corrected chi connectivity index (χ3v) is 0.711. The minimum absolute atomic E-state index is 0.306. The van der Waals surface area contributed by atoms with Gasteiger partial charge in [-0.2, -0.15) is 0 Å². The Morgan fingerprint density at radius 1 is 1.67 bits per heavy atom. The highest BCUT2D eigenvalue weighted by atomic mass is 79.9. The normalized spacial score (nSPS) is 10.3. The first-order valence-corrected chi connectivity index (χ1v) is 3.00. The molecule has 0 unspecified atom stereocenters. The van der Waals surface area contributed by atoms with Gasteiger partial charge in [0.15, 0.2) is 0 Å². The first-order valence-electron chi connectivity index (χ1n) is 1.42. The van der Waals surface area contributed by atoms with Gasteiger partial charge in [0.05, 0.1) is 0 Å². The minimum atomic E-state index is -0.306. The molecule has 0 aliphatic heterocycles. The summed E-state index contributed by atoms with van der Waals surface area (Å²) in [5.74, 6) is 2.44. The lowest BCUT2D eigenvalue weighted by molar-refractivity contribution is 1.26. The van der Waals surface area contributed by atoms with E-state index in [-0.39, 0.29) is 3.23 Å². The number of hydrogen-bond donors (Lipinski definition) is 0. The Kier molecular flexibility index (Phi) is 2.17. The fourth-order valence-corrected chi connectivity index (χ4v) is 0. The Bertz CT molecular complexity index is 72.5. The van der Waals surface area contributed by atoms with Crippen molar-refractivity contribution in [2.75, 3.05) is 0 Å². The monoisotopic (exact) mass is 210 g/mol. The molecule has 0 saturated carbocycles. The van der Waals surface area contributed by atoms with E-state index < -0.39 is 0 Å². The van der Waals surface area contributed by atoms with Crippen LogP contribution in [0.2, 0.25) is 0 Å². The van der Waals surface area contributed by atoms with Crippen LogP contribution in [-0.4, -0.2) is 3.23 Å². The molecule has 0 aromatic heterocycles. The van der Waals surface area contributed by atoms with Crippen molar-refractivity contribution < 1.29 is 0 Å². The summed E-state index contributed by atoms with van der Waals surface area (Å²) in [5.41, 5.74) is 0. The number of terminal acetylenes is 1. The minimum Gasteiger partial charge on any atom is -0.118 e. The molecule has 0 aromatic carbocycles. The highest BCUT2D eigenvalue weighted by Gasteiger charge is 2.06. The van der Waals surface area contributed by atoms with Crippen LogP contribution in [0.15, 0.2) is 0 Å². The SMILES string of the molecule is C#CC(C)(Br)Br. The van der Waals surface area contributed by atoms with Gasteiger partial charge in [-0.25, -0.2) is 0 Å². The Hall–Kier alpha value is 0.520. The van der Waals surface area contributed by atoms with Gasteiger partial charge >= 0.3 is 0 Å². The molecule has 34 valence electrons. The lowest BCUT2D eigenvalue weighted by Gasteiger charge is -1.99. The molecule has 0 radical (unpaired) electrons. The van der Waals surface area contributed by atoms with Crippen LogP contribution in [0.5, 0.6) is 0 Å². The van der Waals surface area contributed by atoms with Gasteiger partial charge in [0.2, 0.25) is 0 Å². The number of alkyl halides is 2. The molecule has 0 bridgehead atoms. The molecule has 6 heavy (non-hydrogen) atoms. The maximum absolute atomic E-state index is 4.96. The van der Waals surface area contributed by atoms with Crippen LogP contribution in [0.25, 0.3) is 0 Å². The van der Waals surface area contributed by atoms with E-state index in [0.717, 1.165) is 0 Å². The van der Waals surface area contributed by atoms with Crippen LogP contribution in [0.1, 0.15) is 6.92 Å². The third-order valence-electron chi connectivity index (χ3n) is 0.253. The summed E-state index contributed by atoms with van der Waals surface area (Å²) in [6, 6.07) is 0. The molecular weight excluding hydrogens is 208 g/mol. The van der Waals surface area contributed by atoms with Gasteiger partial charge in [0, 0.05) is 0 Å². The van der Waals surface area contributed by atoms with Crippen LogP contribution in [0.4, 0.5) is 0 Å². The molecule has 0 heterocycles. The van der Waals surface area contributed by atoms with Crippen LogP contribution in [-0.2, 0) is 0 Å². The molecule has 0 spiro atoms. The Balaban J connectivity index is 3.55. The summed E-state index contributed by atoms with van der Waals surface area (Å²) in [6.45, 7) is 1.84. The largest absolute Gasteiger partial charge is 0.137 e. The average Bonchev–Trinajstić information content (AvgIpc) is 1.35. The van der Waals surface area contributed by atoms with Gasteiger partial charge in [0.25, 0.3) is 0 Å². The molecule has 0 aromatic rings. The molecule has 2 heteroatoms. The second-order valence-electron chi connectivity index (χ2n) is 1.03. The zero-order valence-corrected chi connectivity index (χ0v) is 6.51. The second-order valence-corrected chi connectivity index (χ2v) is 5.27. The van der Waals surface area contributed by atoms with Crippen molar-refractivity contribution in [3.63, 3.8) is 0 Å². The smallest absolute Gasteiger partial charge is 0.118 e.